The Morgan fingerprint density at radius 1 is 0.375 bits per heavy atom. The van der Waals surface area contributed by atoms with Crippen LogP contribution in [0.25, 0.3) is 0 Å². The molecule has 0 aromatic carbocycles. The molecule has 1 unspecified atom stereocenters. The highest BCUT2D eigenvalue weighted by molar-refractivity contribution is 5.70. The van der Waals surface area contributed by atoms with Gasteiger partial charge in [-0.1, -0.05) is 252 Å². The molecular weight excluding hydrogens is 789 g/mol. The number of hydrogen-bond acceptors (Lipinski definition) is 5. The number of allylic oxidation sites excluding steroid dienone is 16. The van der Waals surface area contributed by atoms with Crippen molar-refractivity contribution in [2.45, 2.75) is 251 Å². The van der Waals surface area contributed by atoms with Crippen molar-refractivity contribution in [3.63, 3.8) is 0 Å². The van der Waals surface area contributed by atoms with Crippen molar-refractivity contribution in [1.82, 2.24) is 0 Å². The molecule has 366 valence electrons. The molecule has 0 bridgehead atoms. The first-order valence-corrected chi connectivity index (χ1v) is 26.8. The van der Waals surface area contributed by atoms with E-state index >= 15 is 0 Å². The summed E-state index contributed by atoms with van der Waals surface area (Å²) in [6.45, 7) is 4.03. The highest BCUT2D eigenvalue weighted by Gasteiger charge is 2.16. The molecule has 0 aliphatic rings. The summed E-state index contributed by atoms with van der Waals surface area (Å²) in [4.78, 5) is 24.4. The van der Waals surface area contributed by atoms with E-state index in [4.69, 9.17) is 9.47 Å². The molecule has 0 spiro atoms. The number of aliphatic hydroxyl groups is 1. The van der Waals surface area contributed by atoms with E-state index in [1.54, 1.807) is 0 Å². The maximum atomic E-state index is 12.3. The van der Waals surface area contributed by atoms with E-state index in [-0.39, 0.29) is 25.2 Å². The Balaban J connectivity index is 3.55. The van der Waals surface area contributed by atoms with E-state index in [9.17, 15) is 14.7 Å². The van der Waals surface area contributed by atoms with Gasteiger partial charge in [-0.25, -0.2) is 0 Å². The maximum Gasteiger partial charge on any atom is 0.306 e. The Labute approximate surface area is 396 Å². The molecule has 64 heavy (non-hydrogen) atoms. The number of aliphatic hydroxyl groups excluding tert-OH is 1. The monoisotopic (exact) mass is 889 g/mol. The summed E-state index contributed by atoms with van der Waals surface area (Å²) >= 11 is 0. The Morgan fingerprint density at radius 3 is 1.02 bits per heavy atom. The zero-order valence-corrected chi connectivity index (χ0v) is 41.8. The first-order chi connectivity index (χ1) is 31.6. The van der Waals surface area contributed by atoms with Crippen molar-refractivity contribution in [1.29, 1.82) is 0 Å². The summed E-state index contributed by atoms with van der Waals surface area (Å²) in [5.74, 6) is -0.592. The van der Waals surface area contributed by atoms with E-state index in [0.29, 0.717) is 12.8 Å². The van der Waals surface area contributed by atoms with Crippen molar-refractivity contribution >= 4 is 11.9 Å². The Kier molecular flexibility index (Phi) is 51.5. The van der Waals surface area contributed by atoms with Crippen molar-refractivity contribution < 1.29 is 24.2 Å². The molecule has 0 aliphatic heterocycles. The lowest BCUT2D eigenvalue weighted by atomic mass is 10.0. The molecule has 5 nitrogen and oxygen atoms in total. The second-order valence-electron chi connectivity index (χ2n) is 17.6. The minimum absolute atomic E-state index is 0.0685. The molecule has 0 aliphatic carbocycles. The smallest absolute Gasteiger partial charge is 0.306 e. The topological polar surface area (TPSA) is 72.8 Å². The Hall–Kier alpha value is -3.18. The summed E-state index contributed by atoms with van der Waals surface area (Å²) in [6.07, 6.45) is 76.5. The van der Waals surface area contributed by atoms with E-state index in [1.165, 1.54) is 128 Å². The summed E-state index contributed by atoms with van der Waals surface area (Å²) < 4.78 is 10.7. The third-order valence-electron chi connectivity index (χ3n) is 11.4. The van der Waals surface area contributed by atoms with E-state index in [1.807, 2.05) is 0 Å². The molecule has 0 saturated heterocycles. The van der Waals surface area contributed by atoms with Gasteiger partial charge in [-0.05, 0) is 77.0 Å². The van der Waals surface area contributed by atoms with Crippen LogP contribution in [0.4, 0.5) is 0 Å². The minimum atomic E-state index is -0.777. The molecule has 0 fully saturated rings. The van der Waals surface area contributed by atoms with Crippen molar-refractivity contribution in [3.05, 3.63) is 97.2 Å². The van der Waals surface area contributed by atoms with Crippen LogP contribution >= 0.6 is 0 Å². The first kappa shape index (κ1) is 60.8. The second kappa shape index (κ2) is 54.2. The standard InChI is InChI=1S/C59H100O5/c1-3-5-7-9-11-13-15-17-19-20-21-22-23-24-25-26-27-28-29-30-31-32-33-34-35-36-37-38-40-42-44-46-48-50-52-54-59(62)64-57(55-60)56-63-58(61)53-51-49-47-45-43-41-39-18-16-14-12-10-8-6-4-2/h5,7,11,13,17,19,21-22,24-25,27-28,30-31,33-34,57,60H,3-4,6,8-10,12,14-16,18,20,23,26,29,32,35-56H2,1-2H3/b7-5-,13-11-,19-17-,22-21-,25-24-,28-27-,31-30-,34-33-. The number of unbranched alkanes of at least 4 members (excludes halogenated alkanes) is 24. The SMILES string of the molecule is CC/C=C\C/C=C\C/C=C\C/C=C\C/C=C\C/C=C\C/C=C\C/C=C\CCCCCCCCCCCCC(=O)OC(CO)COC(=O)CCCCCCCCCCCCCCCCC. The Morgan fingerprint density at radius 2 is 0.672 bits per heavy atom. The van der Waals surface area contributed by atoms with Gasteiger partial charge in [-0.15, -0.1) is 0 Å². The fraction of sp³-hybridized carbons (Fsp3) is 0.695. The third kappa shape index (κ3) is 51.5. The highest BCUT2D eigenvalue weighted by Crippen LogP contribution is 2.15. The summed E-state index contributed by atoms with van der Waals surface area (Å²) in [5.41, 5.74) is 0. The van der Waals surface area contributed by atoms with Gasteiger partial charge in [-0.2, -0.15) is 0 Å². The lowest BCUT2D eigenvalue weighted by Crippen LogP contribution is -2.28. The molecule has 1 atom stereocenters. The van der Waals surface area contributed by atoms with Crippen LogP contribution in [0.2, 0.25) is 0 Å². The van der Waals surface area contributed by atoms with Crippen LogP contribution in [-0.2, 0) is 19.1 Å². The Bertz CT molecular complexity index is 1230. The van der Waals surface area contributed by atoms with Gasteiger partial charge in [0.2, 0.25) is 0 Å². The number of hydrogen-bond donors (Lipinski definition) is 1. The van der Waals surface area contributed by atoms with Crippen LogP contribution < -0.4 is 0 Å². The van der Waals surface area contributed by atoms with Crippen molar-refractivity contribution in [3.8, 4) is 0 Å². The van der Waals surface area contributed by atoms with Gasteiger partial charge in [0.1, 0.15) is 6.61 Å². The van der Waals surface area contributed by atoms with Gasteiger partial charge < -0.3 is 14.6 Å². The molecule has 0 radical (unpaired) electrons. The molecule has 0 amide bonds. The molecule has 5 heteroatoms. The molecule has 0 aromatic heterocycles. The molecule has 0 aromatic rings. The van der Waals surface area contributed by atoms with Crippen molar-refractivity contribution in [2.24, 2.45) is 0 Å². The van der Waals surface area contributed by atoms with Crippen molar-refractivity contribution in [2.75, 3.05) is 13.2 Å². The summed E-state index contributed by atoms with van der Waals surface area (Å²) in [5, 5.41) is 9.62. The van der Waals surface area contributed by atoms with Crippen LogP contribution in [0.15, 0.2) is 97.2 Å². The van der Waals surface area contributed by atoms with E-state index in [0.717, 1.165) is 89.9 Å². The molecule has 0 heterocycles. The van der Waals surface area contributed by atoms with Gasteiger partial charge in [0.15, 0.2) is 6.10 Å². The first-order valence-electron chi connectivity index (χ1n) is 26.8. The van der Waals surface area contributed by atoms with Gasteiger partial charge in [0.25, 0.3) is 0 Å². The van der Waals surface area contributed by atoms with Gasteiger partial charge in [0, 0.05) is 12.8 Å². The summed E-state index contributed by atoms with van der Waals surface area (Å²) in [6, 6.07) is 0. The predicted octanol–water partition coefficient (Wildman–Crippen LogP) is 18.0. The second-order valence-corrected chi connectivity index (χ2v) is 17.6. The number of carbonyl (C=O) groups is 2. The molecule has 1 N–H and O–H groups in total. The fourth-order valence-electron chi connectivity index (χ4n) is 7.39. The maximum absolute atomic E-state index is 12.3. The van der Waals surface area contributed by atoms with Crippen LogP contribution in [0.3, 0.4) is 0 Å². The molecule has 0 saturated carbocycles. The summed E-state index contributed by atoms with van der Waals surface area (Å²) in [7, 11) is 0. The van der Waals surface area contributed by atoms with Gasteiger partial charge in [0.05, 0.1) is 6.61 Å². The highest BCUT2D eigenvalue weighted by atomic mass is 16.6. The van der Waals surface area contributed by atoms with E-state index in [2.05, 4.69) is 111 Å². The van der Waals surface area contributed by atoms with Crippen LogP contribution in [0.5, 0.6) is 0 Å². The number of carbonyl (C=O) groups excluding carboxylic acids is 2. The normalized spacial score (nSPS) is 13.0. The molecule has 0 rings (SSSR count). The predicted molar refractivity (Wildman–Crippen MR) is 279 cm³/mol. The third-order valence-corrected chi connectivity index (χ3v) is 11.4. The van der Waals surface area contributed by atoms with Gasteiger partial charge >= 0.3 is 11.9 Å². The lowest BCUT2D eigenvalue weighted by Gasteiger charge is -2.15. The minimum Gasteiger partial charge on any atom is -0.462 e. The largest absolute Gasteiger partial charge is 0.462 e. The average Bonchev–Trinajstić information content (AvgIpc) is 3.30. The number of ether oxygens (including phenoxy) is 2. The number of rotatable bonds is 48. The molecular formula is C59H100O5. The van der Waals surface area contributed by atoms with Gasteiger partial charge in [-0.3, -0.25) is 9.59 Å². The number of esters is 2. The van der Waals surface area contributed by atoms with E-state index < -0.39 is 6.10 Å². The fourth-order valence-corrected chi connectivity index (χ4v) is 7.39. The quantitative estimate of drug-likeness (QED) is 0.0374. The zero-order chi connectivity index (χ0) is 46.3. The van der Waals surface area contributed by atoms with Crippen LogP contribution in [-0.4, -0.2) is 36.4 Å². The average molecular weight is 889 g/mol. The zero-order valence-electron chi connectivity index (χ0n) is 41.8. The lowest BCUT2D eigenvalue weighted by molar-refractivity contribution is -0.161. The van der Waals surface area contributed by atoms with Crippen LogP contribution in [0, 0.1) is 0 Å². The van der Waals surface area contributed by atoms with Crippen LogP contribution in [0.1, 0.15) is 245 Å².